The van der Waals surface area contributed by atoms with Gasteiger partial charge < -0.3 is 10.0 Å². The van der Waals surface area contributed by atoms with E-state index in [1.54, 1.807) is 0 Å². The molecule has 1 aromatic heterocycles. The summed E-state index contributed by atoms with van der Waals surface area (Å²) in [6.07, 6.45) is 2.63. The van der Waals surface area contributed by atoms with Gasteiger partial charge in [-0.15, -0.1) is 0 Å². The third-order valence-corrected chi connectivity index (χ3v) is 5.24. The molecule has 0 radical (unpaired) electrons. The molecule has 0 aliphatic carbocycles. The SMILES string of the molecule is CSc1nc(O)c2c(n1)CN(c1cccc3cccc(Cl)c13)CC2. The normalized spacial score (nSPS) is 14.0. The fourth-order valence-corrected chi connectivity index (χ4v) is 3.88. The standard InChI is InChI=1S/C18H16ClN3OS/c1-24-18-20-14-10-22(9-8-12(14)17(23)21-18)15-7-3-5-11-4-2-6-13(19)16(11)15/h2-7H,8-10H2,1H3,(H,20,21,23). The highest BCUT2D eigenvalue weighted by atomic mass is 35.5. The summed E-state index contributed by atoms with van der Waals surface area (Å²) in [6, 6.07) is 12.2. The van der Waals surface area contributed by atoms with Gasteiger partial charge in [-0.25, -0.2) is 4.98 Å². The third-order valence-electron chi connectivity index (χ3n) is 4.38. The molecule has 2 heterocycles. The van der Waals surface area contributed by atoms with Crippen LogP contribution in [0, 0.1) is 0 Å². The minimum Gasteiger partial charge on any atom is -0.493 e. The van der Waals surface area contributed by atoms with Crippen LogP contribution in [0.5, 0.6) is 5.88 Å². The first kappa shape index (κ1) is 15.5. The summed E-state index contributed by atoms with van der Waals surface area (Å²) in [7, 11) is 0. The molecular weight excluding hydrogens is 342 g/mol. The van der Waals surface area contributed by atoms with E-state index in [-0.39, 0.29) is 5.88 Å². The zero-order valence-corrected chi connectivity index (χ0v) is 14.7. The van der Waals surface area contributed by atoms with Crippen LogP contribution in [0.3, 0.4) is 0 Å². The first-order valence-electron chi connectivity index (χ1n) is 7.72. The van der Waals surface area contributed by atoms with E-state index in [1.807, 2.05) is 24.5 Å². The fraction of sp³-hybridized carbons (Fsp3) is 0.222. The molecule has 3 aromatic rings. The van der Waals surface area contributed by atoms with Gasteiger partial charge in [0.1, 0.15) is 0 Å². The summed E-state index contributed by atoms with van der Waals surface area (Å²) < 4.78 is 0. The van der Waals surface area contributed by atoms with Gasteiger partial charge in [0.25, 0.3) is 0 Å². The van der Waals surface area contributed by atoms with Crippen molar-refractivity contribution in [1.29, 1.82) is 0 Å². The lowest BCUT2D eigenvalue weighted by Gasteiger charge is -2.31. The van der Waals surface area contributed by atoms with Crippen molar-refractivity contribution in [2.45, 2.75) is 18.1 Å². The molecular formula is C18H16ClN3OS. The number of fused-ring (bicyclic) bond motifs is 2. The number of thioether (sulfide) groups is 1. The third kappa shape index (κ3) is 2.58. The van der Waals surface area contributed by atoms with Crippen LogP contribution >= 0.6 is 23.4 Å². The Bertz CT molecular complexity index is 926. The van der Waals surface area contributed by atoms with Crippen LogP contribution in [0.15, 0.2) is 41.6 Å². The first-order valence-corrected chi connectivity index (χ1v) is 9.32. The van der Waals surface area contributed by atoms with E-state index in [9.17, 15) is 5.11 Å². The number of nitrogens with zero attached hydrogens (tertiary/aromatic N) is 3. The van der Waals surface area contributed by atoms with Crippen LogP contribution in [0.25, 0.3) is 10.8 Å². The minimum absolute atomic E-state index is 0.111. The van der Waals surface area contributed by atoms with Crippen molar-refractivity contribution < 1.29 is 5.11 Å². The predicted octanol–water partition coefficient (Wildman–Crippen LogP) is 4.27. The van der Waals surface area contributed by atoms with Crippen LogP contribution in [-0.4, -0.2) is 27.9 Å². The van der Waals surface area contributed by atoms with Crippen molar-refractivity contribution in [2.24, 2.45) is 0 Å². The zero-order valence-electron chi connectivity index (χ0n) is 13.2. The highest BCUT2D eigenvalue weighted by Crippen LogP contribution is 2.36. The molecule has 4 rings (SSSR count). The number of halogens is 1. The molecule has 24 heavy (non-hydrogen) atoms. The van der Waals surface area contributed by atoms with Crippen LogP contribution in [0.4, 0.5) is 5.69 Å². The summed E-state index contributed by atoms with van der Waals surface area (Å²) in [5.41, 5.74) is 2.85. The van der Waals surface area contributed by atoms with Gasteiger partial charge >= 0.3 is 0 Å². The second kappa shape index (κ2) is 6.15. The van der Waals surface area contributed by atoms with E-state index in [0.29, 0.717) is 11.7 Å². The number of hydrogen-bond donors (Lipinski definition) is 1. The topological polar surface area (TPSA) is 49.3 Å². The molecule has 0 saturated carbocycles. The monoisotopic (exact) mass is 357 g/mol. The molecule has 1 aliphatic heterocycles. The number of aromatic nitrogens is 2. The summed E-state index contributed by atoms with van der Waals surface area (Å²) in [4.78, 5) is 11.0. The smallest absolute Gasteiger partial charge is 0.218 e. The minimum atomic E-state index is 0.111. The highest BCUT2D eigenvalue weighted by Gasteiger charge is 2.23. The Balaban J connectivity index is 1.79. The zero-order chi connectivity index (χ0) is 16.7. The molecule has 0 saturated heterocycles. The van der Waals surface area contributed by atoms with Gasteiger partial charge in [0.05, 0.1) is 17.3 Å². The fourth-order valence-electron chi connectivity index (χ4n) is 3.23. The van der Waals surface area contributed by atoms with Gasteiger partial charge in [-0.1, -0.05) is 47.6 Å². The van der Waals surface area contributed by atoms with Gasteiger partial charge in [-0.3, -0.25) is 0 Å². The Morgan fingerprint density at radius 3 is 2.75 bits per heavy atom. The molecule has 1 aliphatic rings. The summed E-state index contributed by atoms with van der Waals surface area (Å²) in [6.45, 7) is 1.44. The molecule has 122 valence electrons. The Hall–Kier alpha value is -1.98. The molecule has 0 amide bonds. The van der Waals surface area contributed by atoms with Crippen molar-refractivity contribution in [3.05, 3.63) is 52.7 Å². The number of rotatable bonds is 2. The molecule has 0 unspecified atom stereocenters. The van der Waals surface area contributed by atoms with E-state index in [2.05, 4.69) is 33.1 Å². The average molecular weight is 358 g/mol. The van der Waals surface area contributed by atoms with E-state index in [4.69, 9.17) is 11.6 Å². The van der Waals surface area contributed by atoms with Gasteiger partial charge in [-0.2, -0.15) is 4.98 Å². The van der Waals surface area contributed by atoms with Crippen LogP contribution in [-0.2, 0) is 13.0 Å². The molecule has 2 aromatic carbocycles. The van der Waals surface area contributed by atoms with Crippen molar-refractivity contribution >= 4 is 39.8 Å². The van der Waals surface area contributed by atoms with Crippen molar-refractivity contribution in [3.8, 4) is 5.88 Å². The highest BCUT2D eigenvalue weighted by molar-refractivity contribution is 7.98. The summed E-state index contributed by atoms with van der Waals surface area (Å²) >= 11 is 7.89. The van der Waals surface area contributed by atoms with E-state index >= 15 is 0 Å². The number of anilines is 1. The number of hydrogen-bond acceptors (Lipinski definition) is 5. The van der Waals surface area contributed by atoms with Crippen molar-refractivity contribution in [3.63, 3.8) is 0 Å². The lowest BCUT2D eigenvalue weighted by molar-refractivity contribution is 0.431. The maximum Gasteiger partial charge on any atom is 0.218 e. The molecule has 4 nitrogen and oxygen atoms in total. The Kier molecular flexibility index (Phi) is 3.98. The lowest BCUT2D eigenvalue weighted by Crippen LogP contribution is -2.31. The van der Waals surface area contributed by atoms with E-state index < -0.39 is 0 Å². The average Bonchev–Trinajstić information content (AvgIpc) is 2.61. The van der Waals surface area contributed by atoms with E-state index in [0.717, 1.165) is 45.7 Å². The second-order valence-electron chi connectivity index (χ2n) is 5.75. The van der Waals surface area contributed by atoms with Crippen molar-refractivity contribution in [1.82, 2.24) is 9.97 Å². The summed E-state index contributed by atoms with van der Waals surface area (Å²) in [5.74, 6) is 0.111. The van der Waals surface area contributed by atoms with Crippen LogP contribution in [0.2, 0.25) is 5.02 Å². The Morgan fingerprint density at radius 2 is 1.96 bits per heavy atom. The largest absolute Gasteiger partial charge is 0.493 e. The molecule has 0 fully saturated rings. The van der Waals surface area contributed by atoms with Gasteiger partial charge in [0, 0.05) is 23.2 Å². The molecule has 0 spiro atoms. The number of benzene rings is 2. The second-order valence-corrected chi connectivity index (χ2v) is 6.93. The first-order chi connectivity index (χ1) is 11.7. The van der Waals surface area contributed by atoms with Crippen LogP contribution < -0.4 is 4.90 Å². The Morgan fingerprint density at radius 1 is 1.17 bits per heavy atom. The van der Waals surface area contributed by atoms with Gasteiger partial charge in [0.15, 0.2) is 5.16 Å². The molecule has 0 bridgehead atoms. The molecule has 6 heteroatoms. The molecule has 0 atom stereocenters. The molecule has 1 N–H and O–H groups in total. The number of aromatic hydroxyl groups is 1. The van der Waals surface area contributed by atoms with Crippen LogP contribution in [0.1, 0.15) is 11.3 Å². The maximum atomic E-state index is 10.1. The quantitative estimate of drug-likeness (QED) is 0.548. The van der Waals surface area contributed by atoms with Crippen molar-refractivity contribution in [2.75, 3.05) is 17.7 Å². The lowest BCUT2D eigenvalue weighted by atomic mass is 10.0. The Labute approximate surface area is 149 Å². The summed E-state index contributed by atoms with van der Waals surface area (Å²) in [5, 5.41) is 13.7. The maximum absolute atomic E-state index is 10.1. The van der Waals surface area contributed by atoms with E-state index in [1.165, 1.54) is 11.8 Å². The predicted molar refractivity (Wildman–Crippen MR) is 99.2 cm³/mol. The van der Waals surface area contributed by atoms with Gasteiger partial charge in [-0.05, 0) is 30.2 Å². The van der Waals surface area contributed by atoms with Gasteiger partial charge in [0.2, 0.25) is 5.88 Å².